The number of amidine groups is 2. The molecule has 0 aliphatic heterocycles. The molecule has 0 saturated carbocycles. The van der Waals surface area contributed by atoms with Crippen LogP contribution in [0.4, 0.5) is 0 Å². The van der Waals surface area contributed by atoms with Gasteiger partial charge < -0.3 is 4.57 Å². The van der Waals surface area contributed by atoms with Crippen molar-refractivity contribution in [2.45, 2.75) is 0 Å². The molecule has 4 heteroatoms. The standard InChI is InChI=1S/C39H28N4/c40-38(32-19-12-18-31(26-32)29-14-3-1-4-15-29)42-39(30-16-5-2-6-17-30)41-27-28-13-11-20-33(25-28)43-36-23-9-7-21-34(36)35-22-8-10-24-37(35)43/h1-27,40H. The van der Waals surface area contributed by atoms with E-state index in [9.17, 15) is 0 Å². The Morgan fingerprint density at radius 1 is 0.535 bits per heavy atom. The summed E-state index contributed by atoms with van der Waals surface area (Å²) in [6.45, 7) is 0. The van der Waals surface area contributed by atoms with Crippen LogP contribution in [0.1, 0.15) is 16.7 Å². The number of aromatic nitrogens is 1. The van der Waals surface area contributed by atoms with Gasteiger partial charge in [0.1, 0.15) is 0 Å². The van der Waals surface area contributed by atoms with E-state index in [2.05, 4.69) is 89.5 Å². The summed E-state index contributed by atoms with van der Waals surface area (Å²) in [7, 11) is 0. The molecule has 0 radical (unpaired) electrons. The Labute approximate surface area is 250 Å². The topological polar surface area (TPSA) is 53.5 Å². The lowest BCUT2D eigenvalue weighted by molar-refractivity contribution is 1.18. The minimum absolute atomic E-state index is 0.160. The molecular weight excluding hydrogens is 524 g/mol. The van der Waals surface area contributed by atoms with Crippen LogP contribution in [0.3, 0.4) is 0 Å². The van der Waals surface area contributed by atoms with Gasteiger partial charge in [0.05, 0.1) is 11.0 Å². The van der Waals surface area contributed by atoms with Gasteiger partial charge >= 0.3 is 0 Å². The number of nitrogens with zero attached hydrogens (tertiary/aromatic N) is 3. The van der Waals surface area contributed by atoms with Gasteiger partial charge in [-0.1, -0.05) is 127 Å². The van der Waals surface area contributed by atoms with Crippen molar-refractivity contribution in [2.75, 3.05) is 0 Å². The smallest absolute Gasteiger partial charge is 0.161 e. The molecule has 0 spiro atoms. The summed E-state index contributed by atoms with van der Waals surface area (Å²) in [6, 6.07) is 53.3. The molecule has 0 atom stereocenters. The van der Waals surface area contributed by atoms with Crippen molar-refractivity contribution < 1.29 is 0 Å². The highest BCUT2D eigenvalue weighted by molar-refractivity contribution is 6.13. The number of nitrogens with one attached hydrogen (secondary N) is 1. The molecule has 6 aromatic carbocycles. The number of hydrogen-bond donors (Lipinski definition) is 1. The lowest BCUT2D eigenvalue weighted by Gasteiger charge is -2.09. The van der Waals surface area contributed by atoms with E-state index < -0.39 is 0 Å². The van der Waals surface area contributed by atoms with Crippen LogP contribution in [-0.2, 0) is 0 Å². The third kappa shape index (κ3) is 5.30. The Kier molecular flexibility index (Phi) is 7.00. The Bertz CT molecular complexity index is 2080. The van der Waals surface area contributed by atoms with Crippen molar-refractivity contribution >= 4 is 39.7 Å². The first kappa shape index (κ1) is 26.1. The Morgan fingerprint density at radius 3 is 1.84 bits per heavy atom. The summed E-state index contributed by atoms with van der Waals surface area (Å²) in [6.07, 6.45) is 1.83. The monoisotopic (exact) mass is 552 g/mol. The highest BCUT2D eigenvalue weighted by Gasteiger charge is 2.12. The van der Waals surface area contributed by atoms with Crippen molar-refractivity contribution in [3.63, 3.8) is 0 Å². The number of fused-ring (bicyclic) bond motifs is 3. The van der Waals surface area contributed by atoms with Crippen LogP contribution in [0.25, 0.3) is 38.6 Å². The number of benzene rings is 6. The van der Waals surface area contributed by atoms with Crippen molar-refractivity contribution in [3.05, 3.63) is 174 Å². The molecule has 0 bridgehead atoms. The zero-order valence-corrected chi connectivity index (χ0v) is 23.4. The van der Waals surface area contributed by atoms with E-state index in [4.69, 9.17) is 15.4 Å². The molecule has 1 aromatic heterocycles. The molecule has 7 aromatic rings. The number of hydrogen-bond acceptors (Lipinski definition) is 1. The van der Waals surface area contributed by atoms with Crippen LogP contribution in [0.5, 0.6) is 0 Å². The van der Waals surface area contributed by atoms with Crippen molar-refractivity contribution in [3.8, 4) is 16.8 Å². The zero-order chi connectivity index (χ0) is 29.0. The number of rotatable bonds is 5. The van der Waals surface area contributed by atoms with E-state index in [1.807, 2.05) is 79.0 Å². The highest BCUT2D eigenvalue weighted by atomic mass is 15.0. The maximum Gasteiger partial charge on any atom is 0.161 e. The predicted molar refractivity (Wildman–Crippen MR) is 180 cm³/mol. The minimum Gasteiger partial charge on any atom is -0.309 e. The molecule has 0 amide bonds. The van der Waals surface area contributed by atoms with Gasteiger partial charge in [0, 0.05) is 33.8 Å². The van der Waals surface area contributed by atoms with E-state index in [1.54, 1.807) is 0 Å². The van der Waals surface area contributed by atoms with Gasteiger partial charge in [-0.25, -0.2) is 9.98 Å². The molecule has 0 fully saturated rings. The lowest BCUT2D eigenvalue weighted by Crippen LogP contribution is -2.05. The molecule has 1 heterocycles. The first-order valence-corrected chi connectivity index (χ1v) is 14.3. The van der Waals surface area contributed by atoms with Gasteiger partial charge in [-0.2, -0.15) is 0 Å². The van der Waals surface area contributed by atoms with Crippen LogP contribution in [-0.4, -0.2) is 22.5 Å². The van der Waals surface area contributed by atoms with Gasteiger partial charge in [0.2, 0.25) is 0 Å². The van der Waals surface area contributed by atoms with E-state index in [0.717, 1.165) is 44.5 Å². The SMILES string of the molecule is N=C(N=C(N=Cc1cccc(-n2c3ccccc3c3ccccc32)c1)c1ccccc1)c1cccc(-c2ccccc2)c1. The molecule has 0 aliphatic carbocycles. The van der Waals surface area contributed by atoms with Gasteiger partial charge in [-0.3, -0.25) is 5.41 Å². The Balaban J connectivity index is 1.26. The molecule has 0 unspecified atom stereocenters. The fourth-order valence-corrected chi connectivity index (χ4v) is 5.48. The molecule has 204 valence electrons. The first-order chi connectivity index (χ1) is 21.2. The first-order valence-electron chi connectivity index (χ1n) is 14.3. The Morgan fingerprint density at radius 2 is 1.12 bits per heavy atom. The summed E-state index contributed by atoms with van der Waals surface area (Å²) in [5, 5.41) is 11.3. The molecule has 4 nitrogen and oxygen atoms in total. The van der Waals surface area contributed by atoms with E-state index >= 15 is 0 Å². The summed E-state index contributed by atoms with van der Waals surface area (Å²) < 4.78 is 2.30. The normalized spacial score (nSPS) is 11.9. The fraction of sp³-hybridized carbons (Fsp3) is 0. The predicted octanol–water partition coefficient (Wildman–Crippen LogP) is 9.34. The molecule has 7 rings (SSSR count). The van der Waals surface area contributed by atoms with E-state index in [-0.39, 0.29) is 5.84 Å². The number of para-hydroxylation sites is 2. The summed E-state index contributed by atoms with van der Waals surface area (Å²) in [5.41, 5.74) is 8.06. The second-order valence-electron chi connectivity index (χ2n) is 10.3. The maximum atomic E-state index is 8.87. The summed E-state index contributed by atoms with van der Waals surface area (Å²) >= 11 is 0. The molecule has 0 saturated heterocycles. The van der Waals surface area contributed by atoms with Crippen LogP contribution in [0.15, 0.2) is 168 Å². The summed E-state index contributed by atoms with van der Waals surface area (Å²) in [5.74, 6) is 0.644. The molecule has 1 N–H and O–H groups in total. The Hall–Kier alpha value is -5.87. The quantitative estimate of drug-likeness (QED) is 0.163. The molecule has 0 aliphatic rings. The average molecular weight is 553 g/mol. The summed E-state index contributed by atoms with van der Waals surface area (Å²) in [4.78, 5) is 9.55. The van der Waals surface area contributed by atoms with Gasteiger partial charge in [-0.15, -0.1) is 0 Å². The van der Waals surface area contributed by atoms with Crippen LogP contribution < -0.4 is 0 Å². The largest absolute Gasteiger partial charge is 0.309 e. The van der Waals surface area contributed by atoms with Crippen molar-refractivity contribution in [1.29, 1.82) is 5.41 Å². The second kappa shape index (κ2) is 11.6. The van der Waals surface area contributed by atoms with Gasteiger partial charge in [0.25, 0.3) is 0 Å². The number of aliphatic imine (C=N–C) groups is 2. The lowest BCUT2D eigenvalue weighted by atomic mass is 10.0. The average Bonchev–Trinajstić information content (AvgIpc) is 3.42. The van der Waals surface area contributed by atoms with E-state index in [1.165, 1.54) is 10.8 Å². The highest BCUT2D eigenvalue weighted by Crippen LogP contribution is 2.31. The molecular formula is C39H28N4. The van der Waals surface area contributed by atoms with Crippen molar-refractivity contribution in [1.82, 2.24) is 4.57 Å². The van der Waals surface area contributed by atoms with Gasteiger partial charge in [-0.05, 0) is 47.0 Å². The third-order valence-electron chi connectivity index (χ3n) is 7.54. The minimum atomic E-state index is 0.160. The van der Waals surface area contributed by atoms with Gasteiger partial charge in [0.15, 0.2) is 11.7 Å². The van der Waals surface area contributed by atoms with Crippen molar-refractivity contribution in [2.24, 2.45) is 9.98 Å². The zero-order valence-electron chi connectivity index (χ0n) is 23.4. The second-order valence-corrected chi connectivity index (χ2v) is 10.3. The van der Waals surface area contributed by atoms with Crippen LogP contribution >= 0.6 is 0 Å². The third-order valence-corrected chi connectivity index (χ3v) is 7.54. The van der Waals surface area contributed by atoms with E-state index in [0.29, 0.717) is 5.84 Å². The van der Waals surface area contributed by atoms with Crippen LogP contribution in [0.2, 0.25) is 0 Å². The van der Waals surface area contributed by atoms with Crippen LogP contribution in [0, 0.1) is 5.41 Å². The fourth-order valence-electron chi connectivity index (χ4n) is 5.48. The maximum absolute atomic E-state index is 8.87. The molecule has 43 heavy (non-hydrogen) atoms.